The number of aryl methyl sites for hydroxylation is 1. The Hall–Kier alpha value is -3.89. The van der Waals surface area contributed by atoms with Crippen LogP contribution in [0.2, 0.25) is 0 Å². The van der Waals surface area contributed by atoms with E-state index in [2.05, 4.69) is 54.8 Å². The number of pyridine rings is 1. The minimum atomic E-state index is -3.26. The molecule has 4 heterocycles. The molecular weight excluding hydrogens is 480 g/mol. The van der Waals surface area contributed by atoms with Crippen LogP contribution in [-0.4, -0.2) is 49.1 Å². The summed E-state index contributed by atoms with van der Waals surface area (Å²) >= 11 is 0. The number of anilines is 1. The molecule has 194 valence electrons. The van der Waals surface area contributed by atoms with Gasteiger partial charge in [-0.2, -0.15) is 13.8 Å². The fraction of sp³-hybridized carbons (Fsp3) is 0.423. The molecule has 0 bridgehead atoms. The van der Waals surface area contributed by atoms with Crippen LogP contribution in [0.5, 0.6) is 5.75 Å². The third kappa shape index (κ3) is 5.92. The second kappa shape index (κ2) is 9.53. The molecule has 1 fully saturated rings. The third-order valence-electron chi connectivity index (χ3n) is 6.47. The van der Waals surface area contributed by atoms with Crippen molar-refractivity contribution in [3.63, 3.8) is 0 Å². The molecule has 1 aliphatic heterocycles. The van der Waals surface area contributed by atoms with Gasteiger partial charge in [-0.25, -0.2) is 14.6 Å². The number of benzene rings is 1. The normalized spacial score (nSPS) is 15.7. The molecule has 1 saturated heterocycles. The number of hydrogen-bond acceptors (Lipinski definition) is 8. The van der Waals surface area contributed by atoms with Crippen molar-refractivity contribution in [1.29, 1.82) is 0 Å². The molecule has 1 aliphatic rings. The Balaban J connectivity index is 1.29. The van der Waals surface area contributed by atoms with E-state index in [-0.39, 0.29) is 11.6 Å². The van der Waals surface area contributed by atoms with Gasteiger partial charge in [-0.15, -0.1) is 5.10 Å². The Morgan fingerprint density at radius 3 is 2.49 bits per heavy atom. The molecule has 0 saturated carbocycles. The first-order chi connectivity index (χ1) is 17.5. The van der Waals surface area contributed by atoms with Gasteiger partial charge >= 0.3 is 6.11 Å². The van der Waals surface area contributed by atoms with E-state index in [1.54, 1.807) is 16.8 Å². The molecule has 11 heteroatoms. The summed E-state index contributed by atoms with van der Waals surface area (Å²) < 4.78 is 37.8. The molecule has 0 N–H and O–H groups in total. The maximum atomic E-state index is 13.0. The maximum Gasteiger partial charge on any atom is 0.394 e. The highest BCUT2D eigenvalue weighted by Crippen LogP contribution is 2.32. The molecule has 9 nitrogen and oxygen atoms in total. The van der Waals surface area contributed by atoms with Gasteiger partial charge in [0.05, 0.1) is 6.54 Å². The van der Waals surface area contributed by atoms with Gasteiger partial charge in [0, 0.05) is 31.8 Å². The van der Waals surface area contributed by atoms with Crippen LogP contribution in [0.25, 0.3) is 23.1 Å². The topological polar surface area (TPSA) is 95.0 Å². The average Bonchev–Trinajstić information content (AvgIpc) is 3.46. The number of hydrogen-bond donors (Lipinski definition) is 0. The van der Waals surface area contributed by atoms with Gasteiger partial charge in [-0.3, -0.25) is 0 Å². The molecule has 5 rings (SSSR count). The van der Waals surface area contributed by atoms with Crippen molar-refractivity contribution < 1.29 is 18.0 Å². The Bertz CT molecular complexity index is 1370. The fourth-order valence-electron chi connectivity index (χ4n) is 4.22. The van der Waals surface area contributed by atoms with Crippen LogP contribution in [0.1, 0.15) is 45.0 Å². The van der Waals surface area contributed by atoms with Crippen molar-refractivity contribution in [2.45, 2.75) is 53.2 Å². The summed E-state index contributed by atoms with van der Waals surface area (Å²) in [5, 5.41) is 8.56. The number of rotatable bonds is 7. The summed E-state index contributed by atoms with van der Waals surface area (Å²) in [6, 6.07) is 10.1. The standard InChI is InChI=1S/C26H29F2N7O2/c1-17-30-23(24-31-22(33-37-24)19-5-7-20(8-6-19)36-26(4,27)28)32-35(17)16-18-9-12-29-21(15-18)34-13-10-25(2,3)11-14-34/h5-9,12,15H,10-11,13-14,16H2,1-4H3. The van der Waals surface area contributed by atoms with Gasteiger partial charge in [0.1, 0.15) is 17.4 Å². The summed E-state index contributed by atoms with van der Waals surface area (Å²) in [6.07, 6.45) is 0.859. The molecule has 0 aliphatic carbocycles. The monoisotopic (exact) mass is 509 g/mol. The number of nitrogens with zero attached hydrogens (tertiary/aromatic N) is 7. The molecule has 37 heavy (non-hydrogen) atoms. The van der Waals surface area contributed by atoms with Crippen LogP contribution in [0.3, 0.4) is 0 Å². The Labute approximate surface area is 213 Å². The summed E-state index contributed by atoms with van der Waals surface area (Å²) in [4.78, 5) is 15.8. The van der Waals surface area contributed by atoms with E-state index < -0.39 is 6.11 Å². The third-order valence-corrected chi connectivity index (χ3v) is 6.47. The second-order valence-electron chi connectivity index (χ2n) is 10.2. The molecule has 4 aromatic rings. The number of piperidine rings is 1. The highest BCUT2D eigenvalue weighted by molar-refractivity contribution is 5.57. The first kappa shape index (κ1) is 24.8. The predicted molar refractivity (Wildman–Crippen MR) is 133 cm³/mol. The molecule has 0 atom stereocenters. The van der Waals surface area contributed by atoms with Crippen LogP contribution < -0.4 is 9.64 Å². The Morgan fingerprint density at radius 1 is 1.05 bits per heavy atom. The van der Waals surface area contributed by atoms with Crippen molar-refractivity contribution in [2.75, 3.05) is 18.0 Å². The molecular formula is C26H29F2N7O2. The first-order valence-corrected chi connectivity index (χ1v) is 12.2. The maximum absolute atomic E-state index is 13.0. The van der Waals surface area contributed by atoms with Crippen LogP contribution >= 0.6 is 0 Å². The summed E-state index contributed by atoms with van der Waals surface area (Å²) in [6.45, 7) is 9.69. The fourth-order valence-corrected chi connectivity index (χ4v) is 4.22. The minimum Gasteiger partial charge on any atom is -0.433 e. The molecule has 0 radical (unpaired) electrons. The van der Waals surface area contributed by atoms with Crippen molar-refractivity contribution in [2.24, 2.45) is 5.41 Å². The second-order valence-corrected chi connectivity index (χ2v) is 10.2. The van der Waals surface area contributed by atoms with Crippen LogP contribution in [-0.2, 0) is 6.54 Å². The minimum absolute atomic E-state index is 0.0411. The lowest BCUT2D eigenvalue weighted by Crippen LogP contribution is -2.37. The summed E-state index contributed by atoms with van der Waals surface area (Å²) in [5.41, 5.74) is 2.03. The lowest BCUT2D eigenvalue weighted by atomic mass is 9.83. The summed E-state index contributed by atoms with van der Waals surface area (Å²) in [7, 11) is 0. The zero-order valence-corrected chi connectivity index (χ0v) is 21.3. The van der Waals surface area contributed by atoms with Gasteiger partial charge in [0.2, 0.25) is 11.6 Å². The van der Waals surface area contributed by atoms with Crippen molar-refractivity contribution in [1.82, 2.24) is 29.9 Å². The number of alkyl halides is 2. The average molecular weight is 510 g/mol. The Morgan fingerprint density at radius 2 is 1.78 bits per heavy atom. The molecule has 0 amide bonds. The Kier molecular flexibility index (Phi) is 6.38. The molecule has 0 unspecified atom stereocenters. The van der Waals surface area contributed by atoms with Crippen molar-refractivity contribution in [3.8, 4) is 28.9 Å². The van der Waals surface area contributed by atoms with E-state index in [0.29, 0.717) is 41.9 Å². The SMILES string of the molecule is Cc1nc(-c2nc(-c3ccc(OC(C)(F)F)cc3)no2)nn1Cc1ccnc(N2CCC(C)(C)CC2)c1. The largest absolute Gasteiger partial charge is 0.433 e. The van der Waals surface area contributed by atoms with E-state index >= 15 is 0 Å². The lowest BCUT2D eigenvalue weighted by molar-refractivity contribution is -0.158. The van der Waals surface area contributed by atoms with Crippen LogP contribution in [0.15, 0.2) is 47.1 Å². The summed E-state index contributed by atoms with van der Waals surface area (Å²) in [5.74, 6) is 2.50. The highest BCUT2D eigenvalue weighted by atomic mass is 19.3. The quantitative estimate of drug-likeness (QED) is 0.328. The van der Waals surface area contributed by atoms with E-state index in [1.165, 1.54) is 12.1 Å². The number of halogens is 2. The van der Waals surface area contributed by atoms with E-state index in [4.69, 9.17) is 4.52 Å². The first-order valence-electron chi connectivity index (χ1n) is 12.2. The number of ether oxygens (including phenoxy) is 1. The van der Waals surface area contributed by atoms with Gasteiger partial charge in [-0.05, 0) is 67.1 Å². The van der Waals surface area contributed by atoms with E-state index in [0.717, 1.165) is 37.3 Å². The van der Waals surface area contributed by atoms with E-state index in [9.17, 15) is 8.78 Å². The van der Waals surface area contributed by atoms with E-state index in [1.807, 2.05) is 19.2 Å². The van der Waals surface area contributed by atoms with Crippen LogP contribution in [0, 0.1) is 12.3 Å². The van der Waals surface area contributed by atoms with Gasteiger partial charge < -0.3 is 14.2 Å². The van der Waals surface area contributed by atoms with Crippen LogP contribution in [0.4, 0.5) is 14.6 Å². The molecule has 0 spiro atoms. The predicted octanol–water partition coefficient (Wildman–Crippen LogP) is 5.36. The smallest absolute Gasteiger partial charge is 0.394 e. The molecule has 3 aromatic heterocycles. The number of aromatic nitrogens is 6. The highest BCUT2D eigenvalue weighted by Gasteiger charge is 2.26. The zero-order valence-electron chi connectivity index (χ0n) is 21.3. The molecule has 1 aromatic carbocycles. The van der Waals surface area contributed by atoms with Crippen molar-refractivity contribution >= 4 is 5.82 Å². The van der Waals surface area contributed by atoms with Gasteiger partial charge in [-0.1, -0.05) is 19.0 Å². The van der Waals surface area contributed by atoms with Gasteiger partial charge in [0.25, 0.3) is 5.89 Å². The van der Waals surface area contributed by atoms with Gasteiger partial charge in [0.15, 0.2) is 0 Å². The zero-order chi connectivity index (χ0) is 26.2. The lowest BCUT2D eigenvalue weighted by Gasteiger charge is -2.37. The van der Waals surface area contributed by atoms with Crippen molar-refractivity contribution in [3.05, 3.63) is 54.0 Å².